The van der Waals surface area contributed by atoms with Gasteiger partial charge in [0.05, 0.1) is 0 Å². The topological polar surface area (TPSA) is 89.6 Å². The van der Waals surface area contributed by atoms with Crippen LogP contribution in [0.15, 0.2) is 66.9 Å². The molecule has 7 nitrogen and oxygen atoms in total. The van der Waals surface area contributed by atoms with E-state index in [4.69, 9.17) is 14.8 Å². The quantitative estimate of drug-likeness (QED) is 0.277. The molecule has 1 N–H and O–H groups in total. The van der Waals surface area contributed by atoms with Crippen LogP contribution in [0.4, 0.5) is 5.82 Å². The minimum Gasteiger partial charge on any atom is -0.618 e. The Balaban J connectivity index is 1.90. The molecule has 1 aromatic heterocycles. The van der Waals surface area contributed by atoms with Crippen LogP contribution in [0.1, 0.15) is 26.7 Å². The van der Waals surface area contributed by atoms with Crippen molar-refractivity contribution in [3.05, 3.63) is 72.1 Å². The summed E-state index contributed by atoms with van der Waals surface area (Å²) in [6, 6.07) is 19.4. The van der Waals surface area contributed by atoms with E-state index in [0.717, 1.165) is 28.7 Å². The Labute approximate surface area is 188 Å². The summed E-state index contributed by atoms with van der Waals surface area (Å²) in [7, 11) is 0. The number of unbranched alkanes of at least 4 members (excludes halogenated alkanes) is 1. The molecule has 0 aliphatic heterocycles. The number of carboxylic acid groups (broad SMARTS) is 1. The molecule has 3 rings (SSSR count). The fourth-order valence-corrected chi connectivity index (χ4v) is 3.55. The van der Waals surface area contributed by atoms with Gasteiger partial charge >= 0.3 is 5.97 Å². The van der Waals surface area contributed by atoms with Gasteiger partial charge in [0.15, 0.2) is 5.82 Å². The molecule has 0 atom stereocenters. The van der Waals surface area contributed by atoms with Crippen molar-refractivity contribution in [3.8, 4) is 22.5 Å². The van der Waals surface area contributed by atoms with Gasteiger partial charge in [0, 0.05) is 30.3 Å². The lowest BCUT2D eigenvalue weighted by atomic mass is 10.0. The molecule has 0 radical (unpaired) electrons. The summed E-state index contributed by atoms with van der Waals surface area (Å²) >= 11 is 0. The first kappa shape index (κ1) is 23.2. The number of hydrogen-bond acceptors (Lipinski definition) is 5. The van der Waals surface area contributed by atoms with Crippen molar-refractivity contribution >= 4 is 11.8 Å². The SMILES string of the molecule is CC(C)N(CCCCOCC(=O)O)c1c[n+]([O-])c(-c2ccccc2)c(-c2ccccc2)n1. The summed E-state index contributed by atoms with van der Waals surface area (Å²) < 4.78 is 6.02. The van der Waals surface area contributed by atoms with Crippen molar-refractivity contribution in [2.75, 3.05) is 24.7 Å². The van der Waals surface area contributed by atoms with Gasteiger partial charge in [-0.05, 0) is 38.8 Å². The highest BCUT2D eigenvalue weighted by atomic mass is 16.5. The lowest BCUT2D eigenvalue weighted by Gasteiger charge is -2.28. The van der Waals surface area contributed by atoms with Crippen LogP contribution < -0.4 is 9.63 Å². The summed E-state index contributed by atoms with van der Waals surface area (Å²) in [4.78, 5) is 17.6. The molecular formula is C25H29N3O4. The van der Waals surface area contributed by atoms with Crippen molar-refractivity contribution in [2.45, 2.75) is 32.7 Å². The molecule has 0 unspecified atom stereocenters. The van der Waals surface area contributed by atoms with Crippen LogP contribution in [0.2, 0.25) is 0 Å². The van der Waals surface area contributed by atoms with Crippen LogP contribution in [-0.4, -0.2) is 41.9 Å². The molecule has 32 heavy (non-hydrogen) atoms. The molecule has 0 amide bonds. The van der Waals surface area contributed by atoms with Crippen LogP contribution in [0.3, 0.4) is 0 Å². The molecule has 0 saturated heterocycles. The van der Waals surface area contributed by atoms with Crippen molar-refractivity contribution in [3.63, 3.8) is 0 Å². The molecule has 168 valence electrons. The van der Waals surface area contributed by atoms with Crippen molar-refractivity contribution in [2.24, 2.45) is 0 Å². The molecule has 0 saturated carbocycles. The maximum absolute atomic E-state index is 13.2. The van der Waals surface area contributed by atoms with Crippen molar-refractivity contribution in [1.29, 1.82) is 0 Å². The second-order valence-electron chi connectivity index (χ2n) is 7.79. The third-order valence-electron chi connectivity index (χ3n) is 5.08. The Bertz CT molecular complexity index is 1010. The van der Waals surface area contributed by atoms with Gasteiger partial charge in [-0.2, -0.15) is 4.73 Å². The Morgan fingerprint density at radius 2 is 1.69 bits per heavy atom. The van der Waals surface area contributed by atoms with Gasteiger partial charge in [-0.3, -0.25) is 0 Å². The molecule has 3 aromatic rings. The van der Waals surface area contributed by atoms with E-state index < -0.39 is 5.97 Å². The monoisotopic (exact) mass is 435 g/mol. The number of anilines is 1. The third-order valence-corrected chi connectivity index (χ3v) is 5.08. The summed E-state index contributed by atoms with van der Waals surface area (Å²) in [5.74, 6) is -0.357. The first-order valence-corrected chi connectivity index (χ1v) is 10.8. The predicted octanol–water partition coefficient (Wildman–Crippen LogP) is 4.15. The largest absolute Gasteiger partial charge is 0.618 e. The van der Waals surface area contributed by atoms with Crippen LogP contribution in [0.25, 0.3) is 22.5 Å². The fourth-order valence-electron chi connectivity index (χ4n) is 3.55. The summed E-state index contributed by atoms with van der Waals surface area (Å²) in [5.41, 5.74) is 2.85. The Hall–Kier alpha value is -3.45. The second-order valence-corrected chi connectivity index (χ2v) is 7.79. The fraction of sp³-hybridized carbons (Fsp3) is 0.320. The van der Waals surface area contributed by atoms with Gasteiger partial charge in [-0.15, -0.1) is 0 Å². The first-order valence-electron chi connectivity index (χ1n) is 10.8. The number of carbonyl (C=O) groups is 1. The molecule has 0 aliphatic carbocycles. The normalized spacial score (nSPS) is 11.0. The maximum Gasteiger partial charge on any atom is 0.329 e. The molecule has 7 heteroatoms. The number of aromatic nitrogens is 2. The Morgan fingerprint density at radius 3 is 2.28 bits per heavy atom. The van der Waals surface area contributed by atoms with Gasteiger partial charge in [0.25, 0.3) is 0 Å². The summed E-state index contributed by atoms with van der Waals surface area (Å²) in [5, 5.41) is 21.9. The highest BCUT2D eigenvalue weighted by molar-refractivity contribution is 5.76. The summed E-state index contributed by atoms with van der Waals surface area (Å²) in [6.07, 6.45) is 3.05. The molecule has 0 spiro atoms. The number of ether oxygens (including phenoxy) is 1. The van der Waals surface area contributed by atoms with E-state index in [0.29, 0.717) is 30.4 Å². The number of hydrogen-bond donors (Lipinski definition) is 1. The Kier molecular flexibility index (Phi) is 8.16. The van der Waals surface area contributed by atoms with E-state index in [1.165, 1.54) is 6.20 Å². The second kappa shape index (κ2) is 11.2. The van der Waals surface area contributed by atoms with E-state index in [9.17, 15) is 10.0 Å². The lowest BCUT2D eigenvalue weighted by Crippen LogP contribution is -2.37. The number of aliphatic carboxylic acids is 1. The van der Waals surface area contributed by atoms with Crippen LogP contribution in [0.5, 0.6) is 0 Å². The molecule has 0 aliphatic rings. The number of carboxylic acids is 1. The Morgan fingerprint density at radius 1 is 1.06 bits per heavy atom. The van der Waals surface area contributed by atoms with Gasteiger partial charge in [0.2, 0.25) is 11.9 Å². The van der Waals surface area contributed by atoms with Gasteiger partial charge in [-0.25, -0.2) is 9.78 Å². The van der Waals surface area contributed by atoms with E-state index in [-0.39, 0.29) is 12.6 Å². The maximum atomic E-state index is 13.2. The standard InChI is InChI=1S/C25H29N3O4/c1-19(2)27(15-9-10-16-32-18-23(29)30)22-17-28(31)25(21-13-7-4-8-14-21)24(26-22)20-11-5-3-6-12-20/h3-8,11-14,17,19H,9-10,15-16,18H2,1-2H3,(H,29,30). The molecule has 0 fully saturated rings. The van der Waals surface area contributed by atoms with Crippen molar-refractivity contribution < 1.29 is 19.4 Å². The average molecular weight is 436 g/mol. The van der Waals surface area contributed by atoms with E-state index >= 15 is 0 Å². The van der Waals surface area contributed by atoms with Crippen LogP contribution in [-0.2, 0) is 9.53 Å². The predicted molar refractivity (Wildman–Crippen MR) is 124 cm³/mol. The highest BCUT2D eigenvalue weighted by Gasteiger charge is 2.23. The van der Waals surface area contributed by atoms with Crippen molar-refractivity contribution in [1.82, 2.24) is 4.98 Å². The zero-order valence-electron chi connectivity index (χ0n) is 18.5. The van der Waals surface area contributed by atoms with E-state index in [1.807, 2.05) is 60.7 Å². The zero-order chi connectivity index (χ0) is 22.9. The molecule has 0 bridgehead atoms. The third kappa shape index (κ3) is 6.04. The molecular weight excluding hydrogens is 406 g/mol. The average Bonchev–Trinajstić information content (AvgIpc) is 2.78. The molecule has 1 heterocycles. The van der Waals surface area contributed by atoms with Crippen LogP contribution >= 0.6 is 0 Å². The zero-order valence-corrected chi connectivity index (χ0v) is 18.5. The summed E-state index contributed by atoms with van der Waals surface area (Å²) in [6.45, 7) is 4.90. The minimum absolute atomic E-state index is 0.133. The van der Waals surface area contributed by atoms with E-state index in [1.54, 1.807) is 0 Å². The van der Waals surface area contributed by atoms with Gasteiger partial charge < -0.3 is 20.0 Å². The first-order chi connectivity index (χ1) is 15.5. The highest BCUT2D eigenvalue weighted by Crippen LogP contribution is 2.30. The van der Waals surface area contributed by atoms with Crippen LogP contribution in [0, 0.1) is 5.21 Å². The molecule has 2 aromatic carbocycles. The lowest BCUT2D eigenvalue weighted by molar-refractivity contribution is -0.593. The smallest absolute Gasteiger partial charge is 0.329 e. The van der Waals surface area contributed by atoms with Gasteiger partial charge in [-0.1, -0.05) is 48.5 Å². The minimum atomic E-state index is -0.968. The van der Waals surface area contributed by atoms with E-state index in [2.05, 4.69) is 18.7 Å². The number of nitrogens with zero attached hydrogens (tertiary/aromatic N) is 3. The van der Waals surface area contributed by atoms with Gasteiger partial charge in [0.1, 0.15) is 12.3 Å². The number of benzene rings is 2. The number of rotatable bonds is 11.